The highest BCUT2D eigenvalue weighted by molar-refractivity contribution is 7.93. The Morgan fingerprint density at radius 2 is 1.52 bits per heavy atom. The number of halogens is 1. The molecule has 0 saturated carbocycles. The molecule has 1 heterocycles. The predicted molar refractivity (Wildman–Crippen MR) is 154 cm³/mol. The highest BCUT2D eigenvalue weighted by atomic mass is 35.5. The topological polar surface area (TPSA) is 122 Å². The van der Waals surface area contributed by atoms with Gasteiger partial charge in [-0.05, 0) is 85.3 Å². The molecule has 0 aromatic heterocycles. The van der Waals surface area contributed by atoms with Crippen molar-refractivity contribution in [3.63, 3.8) is 0 Å². The highest BCUT2D eigenvalue weighted by Crippen LogP contribution is 2.37. The van der Waals surface area contributed by atoms with Crippen molar-refractivity contribution in [2.75, 3.05) is 20.9 Å². The van der Waals surface area contributed by atoms with Gasteiger partial charge < -0.3 is 10.1 Å². The number of benzene rings is 4. The van der Waals surface area contributed by atoms with E-state index >= 15 is 0 Å². The number of fused-ring (bicyclic) bond motifs is 1. The first-order valence-electron chi connectivity index (χ1n) is 12.1. The first kappa shape index (κ1) is 27.5. The Hall–Kier alpha value is -4.06. The molecule has 2 N–H and O–H groups in total. The Morgan fingerprint density at radius 3 is 2.23 bits per heavy atom. The third-order valence-electron chi connectivity index (χ3n) is 6.13. The van der Waals surface area contributed by atoms with E-state index < -0.39 is 32.1 Å². The summed E-state index contributed by atoms with van der Waals surface area (Å²) >= 11 is 5.93. The number of hydrogen-bond donors (Lipinski definition) is 2. The quantitative estimate of drug-likeness (QED) is 0.308. The van der Waals surface area contributed by atoms with E-state index in [0.29, 0.717) is 22.1 Å². The first-order valence-corrected chi connectivity index (χ1v) is 15.4. The summed E-state index contributed by atoms with van der Waals surface area (Å²) in [5, 5.41) is 3.07. The Bertz CT molecular complexity index is 1780. The van der Waals surface area contributed by atoms with Crippen LogP contribution in [0.1, 0.15) is 5.56 Å². The van der Waals surface area contributed by atoms with Gasteiger partial charge in [0.2, 0.25) is 0 Å². The van der Waals surface area contributed by atoms with Gasteiger partial charge in [-0.25, -0.2) is 16.8 Å². The number of hydrogen-bond acceptors (Lipinski definition) is 6. The van der Waals surface area contributed by atoms with Gasteiger partial charge in [-0.1, -0.05) is 35.9 Å². The predicted octanol–water partition coefficient (Wildman–Crippen LogP) is 5.04. The zero-order chi connectivity index (χ0) is 28.5. The van der Waals surface area contributed by atoms with Crippen LogP contribution in [0, 0.1) is 6.92 Å². The Balaban J connectivity index is 1.34. The van der Waals surface area contributed by atoms with Crippen molar-refractivity contribution >= 4 is 54.6 Å². The molecule has 40 heavy (non-hydrogen) atoms. The van der Waals surface area contributed by atoms with Crippen LogP contribution in [0.3, 0.4) is 0 Å². The third-order valence-corrected chi connectivity index (χ3v) is 9.57. The normalized spacial score (nSPS) is 15.1. The Kier molecular flexibility index (Phi) is 7.45. The van der Waals surface area contributed by atoms with E-state index in [1.807, 2.05) is 13.0 Å². The molecule has 1 aliphatic rings. The molecular weight excluding hydrogens is 574 g/mol. The number of sulfonamides is 2. The average molecular weight is 598 g/mol. The second-order valence-corrected chi connectivity index (χ2v) is 13.0. The van der Waals surface area contributed by atoms with E-state index in [2.05, 4.69) is 10.0 Å². The lowest BCUT2D eigenvalue weighted by atomic mass is 10.2. The first-order chi connectivity index (χ1) is 19.0. The standard InChI is InChI=1S/C28H24ClN3O6S2/c1-19-5-4-6-22(17-19)31-39(34,35)23-15-11-21(12-16-23)30-28(33)27-18-32(25-7-2-3-8-26(25)38-27)40(36,37)24-13-9-20(29)10-14-24/h2-17,27,31H,18H2,1H3,(H,30,33)/t27-/m0/s1. The molecule has 5 rings (SSSR count). The lowest BCUT2D eigenvalue weighted by Gasteiger charge is -2.34. The van der Waals surface area contributed by atoms with Crippen molar-refractivity contribution in [1.82, 2.24) is 0 Å². The number of nitrogens with one attached hydrogen (secondary N) is 2. The van der Waals surface area contributed by atoms with E-state index in [4.69, 9.17) is 16.3 Å². The van der Waals surface area contributed by atoms with Crippen LogP contribution in [0.15, 0.2) is 107 Å². The number of rotatable bonds is 7. The molecule has 9 nitrogen and oxygen atoms in total. The fourth-order valence-corrected chi connectivity index (χ4v) is 6.81. The second kappa shape index (κ2) is 10.8. The molecule has 206 valence electrons. The van der Waals surface area contributed by atoms with Gasteiger partial charge >= 0.3 is 0 Å². The van der Waals surface area contributed by atoms with Crippen molar-refractivity contribution < 1.29 is 26.4 Å². The number of aryl methyl sites for hydroxylation is 1. The van der Waals surface area contributed by atoms with Crippen molar-refractivity contribution in [3.05, 3.63) is 108 Å². The van der Waals surface area contributed by atoms with Gasteiger partial charge in [0.1, 0.15) is 5.75 Å². The van der Waals surface area contributed by atoms with Crippen molar-refractivity contribution in [3.8, 4) is 5.75 Å². The van der Waals surface area contributed by atoms with Gasteiger partial charge in [0.05, 0.1) is 22.0 Å². The summed E-state index contributed by atoms with van der Waals surface area (Å²) in [5.41, 5.74) is 1.96. The lowest BCUT2D eigenvalue weighted by molar-refractivity contribution is -0.122. The van der Waals surface area contributed by atoms with Gasteiger partial charge in [-0.3, -0.25) is 13.8 Å². The average Bonchev–Trinajstić information content (AvgIpc) is 2.92. The number of amides is 1. The molecule has 4 aromatic carbocycles. The van der Waals surface area contributed by atoms with Crippen LogP contribution in [-0.4, -0.2) is 35.4 Å². The summed E-state index contributed by atoms with van der Waals surface area (Å²) in [5.74, 6) is -0.366. The molecule has 0 saturated heterocycles. The molecule has 0 unspecified atom stereocenters. The summed E-state index contributed by atoms with van der Waals surface area (Å²) in [6.45, 7) is 1.58. The maximum Gasteiger partial charge on any atom is 0.267 e. The van der Waals surface area contributed by atoms with Crippen LogP contribution >= 0.6 is 11.6 Å². The number of carbonyl (C=O) groups excluding carboxylic acids is 1. The summed E-state index contributed by atoms with van der Waals surface area (Å²) in [4.78, 5) is 13.2. The van der Waals surface area contributed by atoms with Crippen LogP contribution in [0.2, 0.25) is 5.02 Å². The fourth-order valence-electron chi connectivity index (χ4n) is 4.16. The van der Waals surface area contributed by atoms with E-state index in [9.17, 15) is 21.6 Å². The molecule has 0 aliphatic carbocycles. The van der Waals surface area contributed by atoms with Gasteiger partial charge in [-0.15, -0.1) is 0 Å². The van der Waals surface area contributed by atoms with Crippen molar-refractivity contribution in [2.45, 2.75) is 22.8 Å². The number of carbonyl (C=O) groups is 1. The summed E-state index contributed by atoms with van der Waals surface area (Å²) in [6.07, 6.45) is -1.18. The van der Waals surface area contributed by atoms with Crippen molar-refractivity contribution in [1.29, 1.82) is 0 Å². The van der Waals surface area contributed by atoms with Crippen LogP contribution in [0.5, 0.6) is 5.75 Å². The zero-order valence-electron chi connectivity index (χ0n) is 21.1. The molecule has 0 bridgehead atoms. The minimum atomic E-state index is -4.04. The second-order valence-electron chi connectivity index (χ2n) is 9.05. The number of anilines is 3. The minimum Gasteiger partial charge on any atom is -0.476 e. The monoisotopic (exact) mass is 597 g/mol. The lowest BCUT2D eigenvalue weighted by Crippen LogP contribution is -2.48. The molecule has 4 aromatic rings. The Labute approximate surface area is 237 Å². The molecule has 1 aliphatic heterocycles. The van der Waals surface area contributed by atoms with Crippen LogP contribution in [-0.2, 0) is 24.8 Å². The van der Waals surface area contributed by atoms with Crippen molar-refractivity contribution in [2.24, 2.45) is 0 Å². The van der Waals surface area contributed by atoms with E-state index in [0.717, 1.165) is 9.87 Å². The number of nitrogens with zero attached hydrogens (tertiary/aromatic N) is 1. The van der Waals surface area contributed by atoms with Gasteiger partial charge in [0.15, 0.2) is 6.10 Å². The van der Waals surface area contributed by atoms with E-state index in [-0.39, 0.29) is 22.1 Å². The Morgan fingerprint density at radius 1 is 0.850 bits per heavy atom. The van der Waals surface area contributed by atoms with Gasteiger partial charge in [-0.2, -0.15) is 0 Å². The minimum absolute atomic E-state index is 0.00934. The maximum absolute atomic E-state index is 13.5. The molecular formula is C28H24ClN3O6S2. The van der Waals surface area contributed by atoms with E-state index in [1.165, 1.54) is 48.5 Å². The molecule has 12 heteroatoms. The molecule has 1 atom stereocenters. The largest absolute Gasteiger partial charge is 0.476 e. The molecule has 0 fully saturated rings. The summed E-state index contributed by atoms with van der Waals surface area (Å²) in [7, 11) is -7.89. The third kappa shape index (κ3) is 5.76. The maximum atomic E-state index is 13.5. The number of ether oxygens (including phenoxy) is 1. The summed E-state index contributed by atoms with van der Waals surface area (Å²) in [6, 6.07) is 24.9. The van der Waals surface area contributed by atoms with Crippen LogP contribution in [0.25, 0.3) is 0 Å². The van der Waals surface area contributed by atoms with Crippen LogP contribution < -0.4 is 19.1 Å². The number of para-hydroxylation sites is 2. The van der Waals surface area contributed by atoms with Crippen LogP contribution in [0.4, 0.5) is 17.1 Å². The molecule has 0 spiro atoms. The SMILES string of the molecule is Cc1cccc(NS(=O)(=O)c2ccc(NC(=O)[C@@H]3CN(S(=O)(=O)c4ccc(Cl)cc4)c4ccccc4O3)cc2)c1. The smallest absolute Gasteiger partial charge is 0.267 e. The fraction of sp³-hybridized carbons (Fsp3) is 0.107. The molecule has 1 amide bonds. The highest BCUT2D eigenvalue weighted by Gasteiger charge is 2.37. The van der Waals surface area contributed by atoms with E-state index in [1.54, 1.807) is 42.5 Å². The zero-order valence-corrected chi connectivity index (χ0v) is 23.5. The van der Waals surface area contributed by atoms with Gasteiger partial charge in [0.25, 0.3) is 26.0 Å². The van der Waals surface area contributed by atoms with Gasteiger partial charge in [0, 0.05) is 16.4 Å². The molecule has 0 radical (unpaired) electrons. The summed E-state index contributed by atoms with van der Waals surface area (Å²) < 4.78 is 62.1.